The number of benzene rings is 1. The Hall–Kier alpha value is -1.59. The number of hydrogen-bond acceptors (Lipinski definition) is 2. The highest BCUT2D eigenvalue weighted by Gasteiger charge is 2.07. The zero-order valence-electron chi connectivity index (χ0n) is 9.77. The standard InChI is InChI=1S/C13H10BrClN2O2/c14-10-3-1-2-4-11(10)16-12(18)8-17-7-9(15)5-6-13(17)19/h1-7H,8H2,(H,16,18). The maximum atomic E-state index is 11.9. The average Bonchev–Trinajstić information content (AvgIpc) is 2.37. The van der Waals surface area contributed by atoms with E-state index in [4.69, 9.17) is 11.6 Å². The topological polar surface area (TPSA) is 51.1 Å². The Labute approximate surface area is 123 Å². The number of rotatable bonds is 3. The molecule has 0 saturated heterocycles. The number of hydrogen-bond donors (Lipinski definition) is 1. The molecule has 0 fully saturated rings. The van der Waals surface area contributed by atoms with Crippen molar-refractivity contribution in [2.75, 3.05) is 5.32 Å². The molecule has 0 unspecified atom stereocenters. The van der Waals surface area contributed by atoms with Gasteiger partial charge >= 0.3 is 0 Å². The summed E-state index contributed by atoms with van der Waals surface area (Å²) in [6.07, 6.45) is 1.43. The van der Waals surface area contributed by atoms with Crippen LogP contribution in [-0.2, 0) is 11.3 Å². The van der Waals surface area contributed by atoms with E-state index in [9.17, 15) is 9.59 Å². The number of para-hydroxylation sites is 1. The number of halogens is 2. The summed E-state index contributed by atoms with van der Waals surface area (Å²) in [6, 6.07) is 10.1. The number of nitrogens with one attached hydrogen (secondary N) is 1. The van der Waals surface area contributed by atoms with Gasteiger partial charge in [0.25, 0.3) is 5.56 Å². The van der Waals surface area contributed by atoms with E-state index in [1.54, 1.807) is 6.07 Å². The molecular formula is C13H10BrClN2O2. The highest BCUT2D eigenvalue weighted by atomic mass is 79.9. The summed E-state index contributed by atoms with van der Waals surface area (Å²) >= 11 is 9.12. The SMILES string of the molecule is O=C(Cn1cc(Cl)ccc1=O)Nc1ccccc1Br. The Morgan fingerprint density at radius 2 is 2.00 bits per heavy atom. The molecule has 2 rings (SSSR count). The first kappa shape index (κ1) is 13.8. The summed E-state index contributed by atoms with van der Waals surface area (Å²) in [6.45, 7) is -0.0826. The number of aromatic nitrogens is 1. The van der Waals surface area contributed by atoms with Crippen LogP contribution in [0.4, 0.5) is 5.69 Å². The number of carbonyl (C=O) groups excluding carboxylic acids is 1. The smallest absolute Gasteiger partial charge is 0.251 e. The predicted octanol–water partition coefficient (Wildman–Crippen LogP) is 2.90. The molecule has 98 valence electrons. The molecule has 0 spiro atoms. The van der Waals surface area contributed by atoms with E-state index < -0.39 is 0 Å². The molecule has 4 nitrogen and oxygen atoms in total. The van der Waals surface area contributed by atoms with E-state index in [1.807, 2.05) is 18.2 Å². The Kier molecular flexibility index (Phi) is 4.39. The Balaban J connectivity index is 2.12. The zero-order chi connectivity index (χ0) is 13.8. The molecule has 2 aromatic rings. The van der Waals surface area contributed by atoms with Gasteiger partial charge in [-0.25, -0.2) is 0 Å². The molecule has 0 aliphatic carbocycles. The van der Waals surface area contributed by atoms with Crippen LogP contribution in [0.15, 0.2) is 51.9 Å². The van der Waals surface area contributed by atoms with Gasteiger partial charge in [0, 0.05) is 16.7 Å². The second kappa shape index (κ2) is 6.04. The molecular weight excluding hydrogens is 332 g/mol. The van der Waals surface area contributed by atoms with Gasteiger partial charge in [-0.1, -0.05) is 23.7 Å². The first-order chi connectivity index (χ1) is 9.06. The van der Waals surface area contributed by atoms with Gasteiger partial charge in [0.1, 0.15) is 6.54 Å². The lowest BCUT2D eigenvalue weighted by atomic mass is 10.3. The Bertz CT molecular complexity index is 670. The van der Waals surface area contributed by atoms with Crippen molar-refractivity contribution in [1.82, 2.24) is 4.57 Å². The van der Waals surface area contributed by atoms with Crippen LogP contribution in [0, 0.1) is 0 Å². The number of nitrogens with zero attached hydrogens (tertiary/aromatic N) is 1. The summed E-state index contributed by atoms with van der Waals surface area (Å²) in [7, 11) is 0. The van der Waals surface area contributed by atoms with E-state index in [-0.39, 0.29) is 18.0 Å². The largest absolute Gasteiger partial charge is 0.324 e. The van der Waals surface area contributed by atoms with E-state index in [1.165, 1.54) is 22.9 Å². The van der Waals surface area contributed by atoms with Gasteiger partial charge in [-0.3, -0.25) is 9.59 Å². The van der Waals surface area contributed by atoms with Crippen LogP contribution in [0.1, 0.15) is 0 Å². The molecule has 6 heteroatoms. The van der Waals surface area contributed by atoms with Crippen LogP contribution in [0.25, 0.3) is 0 Å². The third-order valence-corrected chi connectivity index (χ3v) is 3.32. The van der Waals surface area contributed by atoms with E-state index >= 15 is 0 Å². The van der Waals surface area contributed by atoms with Crippen molar-refractivity contribution in [3.05, 3.63) is 62.4 Å². The van der Waals surface area contributed by atoms with E-state index in [2.05, 4.69) is 21.2 Å². The molecule has 1 heterocycles. The molecule has 0 saturated carbocycles. The van der Waals surface area contributed by atoms with E-state index in [0.29, 0.717) is 10.7 Å². The maximum absolute atomic E-state index is 11.9. The lowest BCUT2D eigenvalue weighted by Gasteiger charge is -2.08. The molecule has 1 N–H and O–H groups in total. The van der Waals surface area contributed by atoms with Gasteiger partial charge in [-0.15, -0.1) is 0 Å². The number of pyridine rings is 1. The third-order valence-electron chi connectivity index (χ3n) is 2.41. The predicted molar refractivity (Wildman–Crippen MR) is 78.5 cm³/mol. The number of anilines is 1. The Morgan fingerprint density at radius 1 is 1.26 bits per heavy atom. The fraction of sp³-hybridized carbons (Fsp3) is 0.0769. The molecule has 1 aromatic carbocycles. The van der Waals surface area contributed by atoms with Gasteiger partial charge in [0.15, 0.2) is 0 Å². The van der Waals surface area contributed by atoms with Crippen molar-refractivity contribution in [2.45, 2.75) is 6.54 Å². The van der Waals surface area contributed by atoms with Crippen LogP contribution in [-0.4, -0.2) is 10.5 Å². The van der Waals surface area contributed by atoms with Gasteiger partial charge < -0.3 is 9.88 Å². The molecule has 0 bridgehead atoms. The van der Waals surface area contributed by atoms with Crippen molar-refractivity contribution >= 4 is 39.1 Å². The normalized spacial score (nSPS) is 10.2. The zero-order valence-corrected chi connectivity index (χ0v) is 12.1. The molecule has 1 aromatic heterocycles. The molecule has 1 amide bonds. The summed E-state index contributed by atoms with van der Waals surface area (Å²) in [5.41, 5.74) is 0.384. The van der Waals surface area contributed by atoms with Crippen molar-refractivity contribution in [2.24, 2.45) is 0 Å². The molecule has 19 heavy (non-hydrogen) atoms. The van der Waals surface area contributed by atoms with Crippen molar-refractivity contribution < 1.29 is 4.79 Å². The second-order valence-corrected chi connectivity index (χ2v) is 5.13. The van der Waals surface area contributed by atoms with Gasteiger partial charge in [-0.2, -0.15) is 0 Å². The maximum Gasteiger partial charge on any atom is 0.251 e. The molecule has 0 radical (unpaired) electrons. The van der Waals surface area contributed by atoms with Crippen LogP contribution >= 0.6 is 27.5 Å². The first-order valence-corrected chi connectivity index (χ1v) is 6.64. The molecule has 0 atom stereocenters. The fourth-order valence-corrected chi connectivity index (χ4v) is 2.10. The minimum Gasteiger partial charge on any atom is -0.324 e. The minimum absolute atomic E-state index is 0.0826. The first-order valence-electron chi connectivity index (χ1n) is 5.46. The average molecular weight is 342 g/mol. The summed E-state index contributed by atoms with van der Waals surface area (Å²) in [5.74, 6) is -0.295. The Morgan fingerprint density at radius 3 is 2.74 bits per heavy atom. The van der Waals surface area contributed by atoms with Crippen LogP contribution in [0.5, 0.6) is 0 Å². The van der Waals surface area contributed by atoms with Gasteiger partial charge in [0.05, 0.1) is 10.7 Å². The summed E-state index contributed by atoms with van der Waals surface area (Å²) in [4.78, 5) is 23.4. The quantitative estimate of drug-likeness (QED) is 0.933. The fourth-order valence-electron chi connectivity index (χ4n) is 1.53. The van der Waals surface area contributed by atoms with Crippen molar-refractivity contribution in [1.29, 1.82) is 0 Å². The lowest BCUT2D eigenvalue weighted by Crippen LogP contribution is -2.26. The monoisotopic (exact) mass is 340 g/mol. The lowest BCUT2D eigenvalue weighted by molar-refractivity contribution is -0.116. The highest BCUT2D eigenvalue weighted by Crippen LogP contribution is 2.21. The molecule has 0 aliphatic rings. The van der Waals surface area contributed by atoms with Gasteiger partial charge in [0.2, 0.25) is 5.91 Å². The van der Waals surface area contributed by atoms with Crippen LogP contribution in [0.2, 0.25) is 5.02 Å². The number of amides is 1. The summed E-state index contributed by atoms with van der Waals surface area (Å²) in [5, 5.41) is 3.13. The summed E-state index contributed by atoms with van der Waals surface area (Å²) < 4.78 is 2.04. The van der Waals surface area contributed by atoms with E-state index in [0.717, 1.165) is 4.47 Å². The van der Waals surface area contributed by atoms with Crippen LogP contribution in [0.3, 0.4) is 0 Å². The molecule has 0 aliphatic heterocycles. The van der Waals surface area contributed by atoms with Gasteiger partial charge in [-0.05, 0) is 34.1 Å². The number of carbonyl (C=O) groups is 1. The third kappa shape index (κ3) is 3.68. The highest BCUT2D eigenvalue weighted by molar-refractivity contribution is 9.10. The second-order valence-electron chi connectivity index (χ2n) is 3.84. The minimum atomic E-state index is -0.295. The van der Waals surface area contributed by atoms with Crippen LogP contribution < -0.4 is 10.9 Å². The van der Waals surface area contributed by atoms with Crippen molar-refractivity contribution in [3.63, 3.8) is 0 Å². The van der Waals surface area contributed by atoms with Crippen molar-refractivity contribution in [3.8, 4) is 0 Å².